The zero-order valence-corrected chi connectivity index (χ0v) is 16.6. The molecule has 0 saturated heterocycles. The molecule has 1 heterocycles. The fraction of sp³-hybridized carbons (Fsp3) is 0.400. The standard InChI is InChI=1S/C20H28N4OS/c1-4-17-10-11-18(26-17)14-24-20(22-6-3)23-13-15-8-7-9-16(12-15)19(25)21-5-2/h7-12H,4-6,13-14H2,1-3H3,(H,21,25)(H2,22,23,24). The van der Waals surface area contributed by atoms with Gasteiger partial charge in [0.2, 0.25) is 0 Å². The molecule has 0 spiro atoms. The first-order valence-corrected chi connectivity index (χ1v) is 9.94. The molecule has 5 nitrogen and oxygen atoms in total. The van der Waals surface area contributed by atoms with Crippen LogP contribution >= 0.6 is 11.3 Å². The van der Waals surface area contributed by atoms with Crippen LogP contribution in [0.25, 0.3) is 0 Å². The zero-order chi connectivity index (χ0) is 18.8. The molecule has 0 fully saturated rings. The van der Waals surface area contributed by atoms with E-state index in [0.29, 0.717) is 18.7 Å². The number of rotatable bonds is 8. The lowest BCUT2D eigenvalue weighted by Crippen LogP contribution is -2.36. The molecule has 0 radical (unpaired) electrons. The van der Waals surface area contributed by atoms with E-state index in [1.165, 1.54) is 9.75 Å². The van der Waals surface area contributed by atoms with Crippen molar-refractivity contribution in [1.29, 1.82) is 0 Å². The Morgan fingerprint density at radius 2 is 1.77 bits per heavy atom. The molecule has 0 aliphatic carbocycles. The van der Waals surface area contributed by atoms with Crippen LogP contribution in [0.3, 0.4) is 0 Å². The van der Waals surface area contributed by atoms with Gasteiger partial charge in [0.05, 0.1) is 13.1 Å². The third-order valence-corrected chi connectivity index (χ3v) is 5.02. The lowest BCUT2D eigenvalue weighted by atomic mass is 10.1. The van der Waals surface area contributed by atoms with Crippen molar-refractivity contribution in [3.05, 3.63) is 57.3 Å². The Hall–Kier alpha value is -2.34. The zero-order valence-electron chi connectivity index (χ0n) is 15.8. The smallest absolute Gasteiger partial charge is 0.251 e. The first kappa shape index (κ1) is 20.0. The van der Waals surface area contributed by atoms with Gasteiger partial charge in [-0.25, -0.2) is 4.99 Å². The lowest BCUT2D eigenvalue weighted by molar-refractivity contribution is 0.0955. The van der Waals surface area contributed by atoms with E-state index in [4.69, 9.17) is 0 Å². The number of aryl methyl sites for hydroxylation is 1. The maximum absolute atomic E-state index is 12.0. The summed E-state index contributed by atoms with van der Waals surface area (Å²) in [5.41, 5.74) is 1.68. The van der Waals surface area contributed by atoms with Crippen LogP contribution in [0.4, 0.5) is 0 Å². The predicted molar refractivity (Wildman–Crippen MR) is 110 cm³/mol. The number of carbonyl (C=O) groups is 1. The second-order valence-corrected chi connectivity index (χ2v) is 7.08. The maximum atomic E-state index is 12.0. The van der Waals surface area contributed by atoms with Crippen LogP contribution in [-0.4, -0.2) is 25.0 Å². The van der Waals surface area contributed by atoms with Crippen LogP contribution in [0.2, 0.25) is 0 Å². The molecule has 0 atom stereocenters. The van der Waals surface area contributed by atoms with Gasteiger partial charge in [-0.3, -0.25) is 4.79 Å². The summed E-state index contributed by atoms with van der Waals surface area (Å²) in [7, 11) is 0. The molecule has 1 amide bonds. The average molecular weight is 373 g/mol. The van der Waals surface area contributed by atoms with Gasteiger partial charge in [0.1, 0.15) is 0 Å². The summed E-state index contributed by atoms with van der Waals surface area (Å²) in [6, 6.07) is 11.9. The molecule has 6 heteroatoms. The van der Waals surface area contributed by atoms with E-state index in [1.54, 1.807) is 0 Å². The Labute approximate surface area is 159 Å². The summed E-state index contributed by atoms with van der Waals surface area (Å²) in [5, 5.41) is 9.46. The molecule has 0 aliphatic heterocycles. The first-order valence-electron chi connectivity index (χ1n) is 9.13. The van der Waals surface area contributed by atoms with E-state index in [0.717, 1.165) is 31.0 Å². The van der Waals surface area contributed by atoms with E-state index in [1.807, 2.05) is 49.4 Å². The number of guanidine groups is 1. The summed E-state index contributed by atoms with van der Waals surface area (Å²) >= 11 is 1.83. The van der Waals surface area contributed by atoms with Crippen molar-refractivity contribution in [2.75, 3.05) is 13.1 Å². The number of benzene rings is 1. The second kappa shape index (κ2) is 10.6. The molecule has 3 N–H and O–H groups in total. The van der Waals surface area contributed by atoms with Crippen LogP contribution in [0.15, 0.2) is 41.4 Å². The number of aliphatic imine (C=N–C) groups is 1. The van der Waals surface area contributed by atoms with Crippen LogP contribution in [0.1, 0.15) is 46.4 Å². The Morgan fingerprint density at radius 1 is 1.00 bits per heavy atom. The average Bonchev–Trinajstić information content (AvgIpc) is 3.12. The molecule has 0 saturated carbocycles. The topological polar surface area (TPSA) is 65.5 Å². The number of carbonyl (C=O) groups excluding carboxylic acids is 1. The Kier molecular flexibility index (Phi) is 8.15. The van der Waals surface area contributed by atoms with Gasteiger partial charge in [-0.1, -0.05) is 19.1 Å². The second-order valence-electron chi connectivity index (χ2n) is 5.83. The third-order valence-electron chi connectivity index (χ3n) is 3.79. The van der Waals surface area contributed by atoms with Crippen molar-refractivity contribution in [1.82, 2.24) is 16.0 Å². The highest BCUT2D eigenvalue weighted by atomic mass is 32.1. The Bertz CT molecular complexity index is 739. The number of amides is 1. The van der Waals surface area contributed by atoms with Crippen molar-refractivity contribution in [2.45, 2.75) is 40.3 Å². The molecule has 2 rings (SSSR count). The van der Waals surface area contributed by atoms with Crippen molar-refractivity contribution in [3.8, 4) is 0 Å². The van der Waals surface area contributed by atoms with Gasteiger partial charge in [0.15, 0.2) is 5.96 Å². The number of thiophene rings is 1. The van der Waals surface area contributed by atoms with Gasteiger partial charge in [-0.2, -0.15) is 0 Å². The lowest BCUT2D eigenvalue weighted by Gasteiger charge is -2.11. The minimum atomic E-state index is -0.0483. The monoisotopic (exact) mass is 372 g/mol. The van der Waals surface area contributed by atoms with E-state index < -0.39 is 0 Å². The molecule has 1 aromatic heterocycles. The van der Waals surface area contributed by atoms with Crippen molar-refractivity contribution < 1.29 is 4.79 Å². The highest BCUT2D eigenvalue weighted by Crippen LogP contribution is 2.16. The molecule has 2 aromatic rings. The minimum Gasteiger partial charge on any atom is -0.357 e. The summed E-state index contributed by atoms with van der Waals surface area (Å²) in [6.45, 7) is 8.84. The molecule has 0 aliphatic rings. The number of nitrogens with one attached hydrogen (secondary N) is 3. The summed E-state index contributed by atoms with van der Waals surface area (Å²) in [6.07, 6.45) is 1.07. The normalized spacial score (nSPS) is 11.3. The molecular formula is C20H28N4OS. The van der Waals surface area contributed by atoms with Gasteiger partial charge in [0, 0.05) is 28.4 Å². The highest BCUT2D eigenvalue weighted by molar-refractivity contribution is 7.11. The van der Waals surface area contributed by atoms with Crippen molar-refractivity contribution in [3.63, 3.8) is 0 Å². The fourth-order valence-electron chi connectivity index (χ4n) is 2.46. The Balaban J connectivity index is 1.99. The third kappa shape index (κ3) is 6.19. The van der Waals surface area contributed by atoms with Crippen LogP contribution in [-0.2, 0) is 19.5 Å². The SMILES string of the molecule is CCNC(=O)c1cccc(CN=C(NCC)NCc2ccc(CC)s2)c1. The van der Waals surface area contributed by atoms with Gasteiger partial charge in [-0.15, -0.1) is 11.3 Å². The van der Waals surface area contributed by atoms with Gasteiger partial charge >= 0.3 is 0 Å². The van der Waals surface area contributed by atoms with Gasteiger partial charge < -0.3 is 16.0 Å². The maximum Gasteiger partial charge on any atom is 0.251 e. The highest BCUT2D eigenvalue weighted by Gasteiger charge is 2.05. The molecular weight excluding hydrogens is 344 g/mol. The van der Waals surface area contributed by atoms with E-state index >= 15 is 0 Å². The van der Waals surface area contributed by atoms with E-state index in [2.05, 4.69) is 40.0 Å². The predicted octanol–water partition coefficient (Wildman–Crippen LogP) is 3.32. The molecule has 26 heavy (non-hydrogen) atoms. The molecule has 1 aromatic carbocycles. The summed E-state index contributed by atoms with van der Waals surface area (Å²) in [5.74, 6) is 0.732. The van der Waals surface area contributed by atoms with E-state index in [-0.39, 0.29) is 5.91 Å². The quantitative estimate of drug-likeness (QED) is 0.492. The van der Waals surface area contributed by atoms with E-state index in [9.17, 15) is 4.79 Å². The molecule has 0 unspecified atom stereocenters. The summed E-state index contributed by atoms with van der Waals surface area (Å²) < 4.78 is 0. The van der Waals surface area contributed by atoms with Gasteiger partial charge in [-0.05, 0) is 50.1 Å². The van der Waals surface area contributed by atoms with Gasteiger partial charge in [0.25, 0.3) is 5.91 Å². The number of nitrogens with zero attached hydrogens (tertiary/aromatic N) is 1. The van der Waals surface area contributed by atoms with Crippen molar-refractivity contribution >= 4 is 23.2 Å². The molecule has 0 bridgehead atoms. The Morgan fingerprint density at radius 3 is 2.46 bits per heavy atom. The number of hydrogen-bond donors (Lipinski definition) is 3. The first-order chi connectivity index (χ1) is 12.7. The van der Waals surface area contributed by atoms with Crippen LogP contribution in [0.5, 0.6) is 0 Å². The fourth-order valence-corrected chi connectivity index (χ4v) is 3.36. The number of hydrogen-bond acceptors (Lipinski definition) is 3. The largest absolute Gasteiger partial charge is 0.357 e. The minimum absolute atomic E-state index is 0.0483. The summed E-state index contributed by atoms with van der Waals surface area (Å²) in [4.78, 5) is 19.3. The van der Waals surface area contributed by atoms with Crippen LogP contribution in [0, 0.1) is 0 Å². The molecule has 140 valence electrons. The van der Waals surface area contributed by atoms with Crippen LogP contribution < -0.4 is 16.0 Å². The van der Waals surface area contributed by atoms with Crippen molar-refractivity contribution in [2.24, 2.45) is 4.99 Å².